The molecule has 0 spiro atoms. The highest BCUT2D eigenvalue weighted by Crippen LogP contribution is 2.13. The van der Waals surface area contributed by atoms with Crippen LogP contribution in [0.4, 0.5) is 5.88 Å². The molecule has 118 valence electrons. The zero-order valence-electron chi connectivity index (χ0n) is 12.2. The fraction of sp³-hybridized carbons (Fsp3) is 0.500. The first-order chi connectivity index (χ1) is 10.8. The zero-order valence-corrected chi connectivity index (χ0v) is 13.0. The Morgan fingerprint density at radius 1 is 1.41 bits per heavy atom. The molecule has 8 heteroatoms. The van der Waals surface area contributed by atoms with Crippen LogP contribution >= 0.6 is 11.8 Å². The van der Waals surface area contributed by atoms with Crippen molar-refractivity contribution in [1.82, 2.24) is 5.27 Å². The van der Waals surface area contributed by atoms with E-state index in [-0.39, 0.29) is 17.5 Å². The van der Waals surface area contributed by atoms with Crippen LogP contribution in [0.2, 0.25) is 0 Å². The van der Waals surface area contributed by atoms with Crippen LogP contribution in [-0.2, 0) is 5.75 Å². The Balaban J connectivity index is 1.51. The Bertz CT molecular complexity index is 605. The predicted molar refractivity (Wildman–Crippen MR) is 80.5 cm³/mol. The summed E-state index contributed by atoms with van der Waals surface area (Å²) in [5.41, 5.74) is 0. The van der Waals surface area contributed by atoms with Crippen molar-refractivity contribution < 1.29 is 18.8 Å². The van der Waals surface area contributed by atoms with Gasteiger partial charge in [0.25, 0.3) is 6.20 Å². The number of furan rings is 1. The summed E-state index contributed by atoms with van der Waals surface area (Å²) in [7, 11) is 0. The largest absolute Gasteiger partial charge is 0.861 e. The average molecular weight is 322 g/mol. The minimum Gasteiger partial charge on any atom is -0.861 e. The predicted octanol–water partition coefficient (Wildman–Crippen LogP) is 1.00. The SMILES string of the molecule is [O-]/C(CSCc1ccco1)=N\c1c[n+](N2CCCCC2)no1. The van der Waals surface area contributed by atoms with Gasteiger partial charge in [-0.3, -0.25) is 4.52 Å². The van der Waals surface area contributed by atoms with E-state index < -0.39 is 0 Å². The van der Waals surface area contributed by atoms with Gasteiger partial charge in [0, 0.05) is 5.75 Å². The summed E-state index contributed by atoms with van der Waals surface area (Å²) in [6.45, 7) is 1.90. The van der Waals surface area contributed by atoms with Crippen LogP contribution in [0.5, 0.6) is 0 Å². The summed E-state index contributed by atoms with van der Waals surface area (Å²) in [4.78, 5) is 5.57. The summed E-state index contributed by atoms with van der Waals surface area (Å²) in [6.07, 6.45) is 6.82. The summed E-state index contributed by atoms with van der Waals surface area (Å²) in [5, 5.41) is 17.8. The van der Waals surface area contributed by atoms with Gasteiger partial charge in [-0.05, 0) is 37.3 Å². The Morgan fingerprint density at radius 2 is 2.27 bits per heavy atom. The van der Waals surface area contributed by atoms with Crippen molar-refractivity contribution in [3.63, 3.8) is 0 Å². The van der Waals surface area contributed by atoms with Gasteiger partial charge in [-0.15, -0.1) is 11.8 Å². The van der Waals surface area contributed by atoms with E-state index in [2.05, 4.69) is 15.3 Å². The molecule has 1 aliphatic heterocycles. The van der Waals surface area contributed by atoms with Gasteiger partial charge >= 0.3 is 5.88 Å². The van der Waals surface area contributed by atoms with Crippen molar-refractivity contribution in [3.05, 3.63) is 30.4 Å². The number of thioether (sulfide) groups is 1. The molecule has 0 amide bonds. The molecule has 0 atom stereocenters. The molecular weight excluding hydrogens is 304 g/mol. The van der Waals surface area contributed by atoms with E-state index in [1.54, 1.807) is 17.3 Å². The van der Waals surface area contributed by atoms with Gasteiger partial charge in [0.2, 0.25) is 5.27 Å². The summed E-state index contributed by atoms with van der Waals surface area (Å²) >= 11 is 1.46. The fourth-order valence-electron chi connectivity index (χ4n) is 2.28. The van der Waals surface area contributed by atoms with Crippen molar-refractivity contribution in [2.24, 2.45) is 4.99 Å². The Morgan fingerprint density at radius 3 is 3.05 bits per heavy atom. The quantitative estimate of drug-likeness (QED) is 0.448. The van der Waals surface area contributed by atoms with Crippen molar-refractivity contribution >= 4 is 23.5 Å². The molecule has 7 nitrogen and oxygen atoms in total. The molecule has 3 heterocycles. The lowest BCUT2D eigenvalue weighted by Gasteiger charge is -2.17. The highest BCUT2D eigenvalue weighted by Gasteiger charge is 2.22. The molecule has 0 aromatic carbocycles. The Hall–Kier alpha value is -1.96. The van der Waals surface area contributed by atoms with Gasteiger partial charge in [-0.25, -0.2) is 4.99 Å². The maximum absolute atomic E-state index is 11.8. The second-order valence-corrected chi connectivity index (χ2v) is 6.04. The van der Waals surface area contributed by atoms with Gasteiger partial charge in [-0.1, -0.05) is 0 Å². The third-order valence-electron chi connectivity index (χ3n) is 3.35. The van der Waals surface area contributed by atoms with Crippen LogP contribution in [0.1, 0.15) is 25.0 Å². The standard InChI is InChI=1S/C14H18N4O3S/c19-13(11-22-10-12-5-4-8-20-12)15-14-9-18(16-21-14)17-6-2-1-3-7-17/h4-5,8-9H,1-3,6-7,10-11H2. The van der Waals surface area contributed by atoms with E-state index in [9.17, 15) is 5.11 Å². The number of hydrogen-bond acceptors (Lipinski definition) is 7. The van der Waals surface area contributed by atoms with E-state index in [0.29, 0.717) is 5.75 Å². The van der Waals surface area contributed by atoms with E-state index >= 15 is 0 Å². The zero-order chi connectivity index (χ0) is 15.2. The van der Waals surface area contributed by atoms with Gasteiger partial charge in [0.05, 0.1) is 29.9 Å². The van der Waals surface area contributed by atoms with Gasteiger partial charge in [-0.2, -0.15) is 5.01 Å². The highest BCUT2D eigenvalue weighted by molar-refractivity contribution is 7.99. The number of rotatable bonds is 6. The molecule has 2 aromatic rings. The fourth-order valence-corrected chi connectivity index (χ4v) is 2.99. The summed E-state index contributed by atoms with van der Waals surface area (Å²) in [6, 6.07) is 3.71. The topological polar surface area (TPSA) is 81.7 Å². The number of hydrogen-bond donors (Lipinski definition) is 0. The van der Waals surface area contributed by atoms with Crippen LogP contribution in [0, 0.1) is 0 Å². The lowest BCUT2D eigenvalue weighted by Crippen LogP contribution is -2.60. The summed E-state index contributed by atoms with van der Waals surface area (Å²) < 4.78 is 10.3. The van der Waals surface area contributed by atoms with Crippen molar-refractivity contribution in [2.45, 2.75) is 25.0 Å². The average Bonchev–Trinajstić information content (AvgIpc) is 3.20. The van der Waals surface area contributed by atoms with E-state index in [1.807, 2.05) is 12.1 Å². The van der Waals surface area contributed by atoms with Gasteiger partial charge in [0.15, 0.2) is 0 Å². The van der Waals surface area contributed by atoms with Crippen LogP contribution in [0.25, 0.3) is 0 Å². The molecule has 0 aliphatic carbocycles. The normalized spacial score (nSPS) is 16.2. The van der Waals surface area contributed by atoms with Crippen molar-refractivity contribution in [1.29, 1.82) is 0 Å². The molecule has 1 fully saturated rings. The summed E-state index contributed by atoms with van der Waals surface area (Å²) in [5.74, 6) is 1.79. The second-order valence-electron chi connectivity index (χ2n) is 5.05. The molecule has 1 aliphatic rings. The minimum atomic E-state index is -0.237. The molecule has 0 N–H and O–H groups in total. The third-order valence-corrected chi connectivity index (χ3v) is 4.29. The van der Waals surface area contributed by atoms with Crippen LogP contribution in [-0.4, -0.2) is 30.0 Å². The third kappa shape index (κ3) is 4.03. The van der Waals surface area contributed by atoms with E-state index in [4.69, 9.17) is 8.94 Å². The lowest BCUT2D eigenvalue weighted by atomic mass is 10.2. The minimum absolute atomic E-state index is 0.237. The molecule has 1 saturated heterocycles. The van der Waals surface area contributed by atoms with E-state index in [1.165, 1.54) is 18.2 Å². The van der Waals surface area contributed by atoms with Gasteiger partial charge in [0.1, 0.15) is 5.76 Å². The van der Waals surface area contributed by atoms with Crippen molar-refractivity contribution in [3.8, 4) is 0 Å². The second kappa shape index (κ2) is 7.35. The smallest absolute Gasteiger partial charge is 0.324 e. The molecule has 0 saturated carbocycles. The number of aliphatic imine (C=N–C) groups is 1. The first-order valence-corrected chi connectivity index (χ1v) is 8.45. The molecule has 3 rings (SSSR count). The maximum atomic E-state index is 11.8. The maximum Gasteiger partial charge on any atom is 0.324 e. The van der Waals surface area contributed by atoms with E-state index in [0.717, 1.165) is 31.7 Å². The number of aromatic nitrogens is 2. The number of nitrogens with zero attached hydrogens (tertiary/aromatic N) is 4. The van der Waals surface area contributed by atoms with Crippen molar-refractivity contribution in [2.75, 3.05) is 23.9 Å². The highest BCUT2D eigenvalue weighted by atomic mass is 32.2. The Kier molecular flexibility index (Phi) is 4.99. The molecule has 0 unspecified atom stereocenters. The van der Waals surface area contributed by atoms with Crippen LogP contribution < -0.4 is 14.9 Å². The molecule has 2 aromatic heterocycles. The molecule has 0 radical (unpaired) electrons. The number of piperidine rings is 1. The molecule has 22 heavy (non-hydrogen) atoms. The molecule has 0 bridgehead atoms. The first-order valence-electron chi connectivity index (χ1n) is 7.30. The van der Waals surface area contributed by atoms with Crippen LogP contribution in [0.15, 0.2) is 38.5 Å². The molecular formula is C14H18N4O3S. The Labute approximate surface area is 132 Å². The van der Waals surface area contributed by atoms with Gasteiger partial charge < -0.3 is 9.52 Å². The monoisotopic (exact) mass is 322 g/mol. The first kappa shape index (κ1) is 15.0. The van der Waals surface area contributed by atoms with Crippen LogP contribution in [0.3, 0.4) is 0 Å². The lowest BCUT2D eigenvalue weighted by molar-refractivity contribution is -0.759.